The summed E-state index contributed by atoms with van der Waals surface area (Å²) in [6, 6.07) is 0.781. The van der Waals surface area contributed by atoms with Gasteiger partial charge in [0.15, 0.2) is 0 Å². The summed E-state index contributed by atoms with van der Waals surface area (Å²) in [5, 5.41) is 17.6. The van der Waals surface area contributed by atoms with Gasteiger partial charge in [-0.1, -0.05) is 0 Å². The number of nitrogens with two attached hydrogens (primary N) is 1. The highest BCUT2D eigenvalue weighted by atomic mass is 79.9. The van der Waals surface area contributed by atoms with Gasteiger partial charge < -0.3 is 15.9 Å². The number of aliphatic hydroxyl groups is 2. The monoisotopic (exact) mass is 342 g/mol. The zero-order chi connectivity index (χ0) is 13.9. The van der Waals surface area contributed by atoms with Gasteiger partial charge in [0.1, 0.15) is 10.7 Å². The van der Waals surface area contributed by atoms with Gasteiger partial charge in [0.2, 0.25) is 10.0 Å². The number of nitrogens with one attached hydrogen (secondary N) is 1. The second-order valence-electron chi connectivity index (χ2n) is 3.49. The predicted molar refractivity (Wildman–Crippen MR) is 66.8 cm³/mol. The van der Waals surface area contributed by atoms with Gasteiger partial charge in [-0.2, -0.15) is 0 Å². The molecule has 0 unspecified atom stereocenters. The molecule has 0 saturated carbocycles. The van der Waals surface area contributed by atoms with Crippen LogP contribution in [0, 0.1) is 5.82 Å². The summed E-state index contributed by atoms with van der Waals surface area (Å²) >= 11 is 2.96. The maximum Gasteiger partial charge on any atom is 0.243 e. The topological polar surface area (TPSA) is 113 Å². The highest BCUT2D eigenvalue weighted by molar-refractivity contribution is 9.10. The first-order valence-electron chi connectivity index (χ1n) is 4.80. The minimum absolute atomic E-state index is 0.0568. The summed E-state index contributed by atoms with van der Waals surface area (Å²) in [5.74, 6) is -0.988. The molecule has 0 spiro atoms. The molecule has 5 N–H and O–H groups in total. The molecule has 0 fully saturated rings. The van der Waals surface area contributed by atoms with Crippen LogP contribution < -0.4 is 10.5 Å². The number of hydrogen-bond acceptors (Lipinski definition) is 5. The molecule has 0 aliphatic carbocycles. The Morgan fingerprint density at radius 3 is 2.44 bits per heavy atom. The van der Waals surface area contributed by atoms with Crippen LogP contribution in [0.5, 0.6) is 0 Å². The molecule has 0 amide bonds. The average molecular weight is 343 g/mol. The molecule has 102 valence electrons. The van der Waals surface area contributed by atoms with E-state index in [1.807, 2.05) is 4.72 Å². The van der Waals surface area contributed by atoms with Gasteiger partial charge in [-0.25, -0.2) is 17.5 Å². The van der Waals surface area contributed by atoms with Crippen LogP contribution in [-0.4, -0.2) is 37.9 Å². The molecule has 0 aliphatic rings. The largest absolute Gasteiger partial charge is 0.398 e. The Kier molecular flexibility index (Phi) is 5.05. The van der Waals surface area contributed by atoms with Gasteiger partial charge >= 0.3 is 0 Å². The van der Waals surface area contributed by atoms with Crippen LogP contribution in [0.3, 0.4) is 0 Å². The summed E-state index contributed by atoms with van der Waals surface area (Å²) in [6.07, 6.45) is 0. The third-order valence-corrected chi connectivity index (χ3v) is 4.33. The van der Waals surface area contributed by atoms with Gasteiger partial charge in [0.25, 0.3) is 0 Å². The van der Waals surface area contributed by atoms with Crippen molar-refractivity contribution in [2.24, 2.45) is 0 Å². The van der Waals surface area contributed by atoms with E-state index in [0.29, 0.717) is 0 Å². The van der Waals surface area contributed by atoms with E-state index in [9.17, 15) is 12.8 Å². The molecule has 0 atom stereocenters. The highest BCUT2D eigenvalue weighted by Crippen LogP contribution is 2.26. The number of hydrogen-bond donors (Lipinski definition) is 4. The molecule has 0 aliphatic heterocycles. The van der Waals surface area contributed by atoms with Gasteiger partial charge in [-0.05, 0) is 28.1 Å². The molecule has 9 heteroatoms. The Bertz CT molecular complexity index is 534. The second kappa shape index (κ2) is 5.93. The number of benzene rings is 1. The van der Waals surface area contributed by atoms with Crippen molar-refractivity contribution >= 4 is 31.6 Å². The summed E-state index contributed by atoms with van der Waals surface area (Å²) < 4.78 is 39.3. The Morgan fingerprint density at radius 1 is 1.39 bits per heavy atom. The number of nitrogen functional groups attached to an aromatic ring is 1. The lowest BCUT2D eigenvalue weighted by atomic mass is 10.3. The van der Waals surface area contributed by atoms with Crippen LogP contribution in [0.2, 0.25) is 0 Å². The predicted octanol–water partition coefficient (Wildman–Crippen LogP) is -0.198. The standard InChI is InChI=1S/C9H12BrFN2O4S/c10-6-1-7(11)9(2-8(6)12)18(16,17)13-5(3-14)4-15/h1-2,5,13-15H,3-4,12H2. The van der Waals surface area contributed by atoms with E-state index in [1.54, 1.807) is 0 Å². The van der Waals surface area contributed by atoms with Gasteiger partial charge in [-0.3, -0.25) is 0 Å². The molecular weight excluding hydrogens is 331 g/mol. The lowest BCUT2D eigenvalue weighted by Gasteiger charge is -2.14. The van der Waals surface area contributed by atoms with Crippen molar-refractivity contribution in [3.8, 4) is 0 Å². The Balaban J connectivity index is 3.16. The first-order chi connectivity index (χ1) is 8.31. The number of anilines is 1. The van der Waals surface area contributed by atoms with Gasteiger partial charge in [-0.15, -0.1) is 0 Å². The first kappa shape index (κ1) is 15.3. The van der Waals surface area contributed by atoms with Crippen molar-refractivity contribution in [2.75, 3.05) is 18.9 Å². The van der Waals surface area contributed by atoms with Crippen LogP contribution in [0.4, 0.5) is 10.1 Å². The molecule has 6 nitrogen and oxygen atoms in total. The molecular formula is C9H12BrFN2O4S. The molecule has 0 saturated heterocycles. The zero-order valence-electron chi connectivity index (χ0n) is 9.10. The third kappa shape index (κ3) is 3.39. The van der Waals surface area contributed by atoms with Crippen molar-refractivity contribution in [3.05, 3.63) is 22.4 Å². The fourth-order valence-corrected chi connectivity index (χ4v) is 2.79. The van der Waals surface area contributed by atoms with E-state index >= 15 is 0 Å². The summed E-state index contributed by atoms with van der Waals surface area (Å²) in [5.41, 5.74) is 5.53. The fourth-order valence-electron chi connectivity index (χ4n) is 1.17. The number of aliphatic hydroxyl groups excluding tert-OH is 2. The number of rotatable bonds is 5. The normalized spacial score (nSPS) is 12.1. The summed E-state index contributed by atoms with van der Waals surface area (Å²) in [4.78, 5) is -0.643. The van der Waals surface area contributed by atoms with Crippen LogP contribution in [0.15, 0.2) is 21.5 Å². The second-order valence-corrected chi connectivity index (χ2v) is 6.02. The maximum absolute atomic E-state index is 13.6. The van der Waals surface area contributed by atoms with E-state index in [4.69, 9.17) is 15.9 Å². The van der Waals surface area contributed by atoms with Crippen LogP contribution in [0.25, 0.3) is 0 Å². The molecule has 0 heterocycles. The number of sulfonamides is 1. The first-order valence-corrected chi connectivity index (χ1v) is 7.08. The van der Waals surface area contributed by atoms with Gasteiger partial charge in [0, 0.05) is 10.2 Å². The minimum Gasteiger partial charge on any atom is -0.398 e. The summed E-state index contributed by atoms with van der Waals surface area (Å²) in [6.45, 7) is -1.22. The molecule has 18 heavy (non-hydrogen) atoms. The molecule has 0 aromatic heterocycles. The Morgan fingerprint density at radius 2 is 1.94 bits per heavy atom. The van der Waals surface area contributed by atoms with Crippen molar-refractivity contribution in [3.63, 3.8) is 0 Å². The highest BCUT2D eigenvalue weighted by Gasteiger charge is 2.23. The van der Waals surface area contributed by atoms with E-state index in [0.717, 1.165) is 12.1 Å². The molecule has 0 bridgehead atoms. The van der Waals surface area contributed by atoms with Crippen molar-refractivity contribution in [1.29, 1.82) is 0 Å². The fraction of sp³-hybridized carbons (Fsp3) is 0.333. The maximum atomic E-state index is 13.6. The molecule has 1 aromatic carbocycles. The van der Waals surface area contributed by atoms with E-state index in [-0.39, 0.29) is 10.2 Å². The zero-order valence-corrected chi connectivity index (χ0v) is 11.5. The van der Waals surface area contributed by atoms with Crippen molar-refractivity contribution < 1.29 is 23.0 Å². The molecule has 1 aromatic rings. The van der Waals surface area contributed by atoms with E-state index < -0.39 is 40.0 Å². The summed E-state index contributed by atoms with van der Waals surface area (Å²) in [7, 11) is -4.20. The Hall–Kier alpha value is -0.740. The third-order valence-electron chi connectivity index (χ3n) is 2.10. The lowest BCUT2D eigenvalue weighted by Crippen LogP contribution is -2.40. The molecule has 1 rings (SSSR count). The number of halogens is 2. The SMILES string of the molecule is Nc1cc(S(=O)(=O)NC(CO)CO)c(F)cc1Br. The van der Waals surface area contributed by atoms with Crippen LogP contribution in [-0.2, 0) is 10.0 Å². The van der Waals surface area contributed by atoms with Crippen molar-refractivity contribution in [2.45, 2.75) is 10.9 Å². The van der Waals surface area contributed by atoms with Crippen molar-refractivity contribution in [1.82, 2.24) is 4.72 Å². The quantitative estimate of drug-likeness (QED) is 0.553. The minimum atomic E-state index is -4.20. The van der Waals surface area contributed by atoms with E-state index in [2.05, 4.69) is 15.9 Å². The smallest absolute Gasteiger partial charge is 0.243 e. The average Bonchev–Trinajstić information content (AvgIpc) is 2.30. The van der Waals surface area contributed by atoms with Crippen LogP contribution in [0.1, 0.15) is 0 Å². The molecule has 0 radical (unpaired) electrons. The Labute approximate surface area is 112 Å². The van der Waals surface area contributed by atoms with Crippen LogP contribution >= 0.6 is 15.9 Å². The van der Waals surface area contributed by atoms with Gasteiger partial charge in [0.05, 0.1) is 19.3 Å². The lowest BCUT2D eigenvalue weighted by molar-refractivity contribution is 0.185. The van der Waals surface area contributed by atoms with E-state index in [1.165, 1.54) is 0 Å².